The van der Waals surface area contributed by atoms with E-state index in [1.165, 1.54) is 16.7 Å². The molecule has 3 heteroatoms. The molecule has 1 aromatic rings. The van der Waals surface area contributed by atoms with Gasteiger partial charge in [0.2, 0.25) is 0 Å². The minimum absolute atomic E-state index is 0.122. The lowest BCUT2D eigenvalue weighted by Gasteiger charge is -2.21. The van der Waals surface area contributed by atoms with E-state index in [2.05, 4.69) is 37.4 Å². The lowest BCUT2D eigenvalue weighted by molar-refractivity contribution is 0.000150. The monoisotopic (exact) mass is 251 g/mol. The van der Waals surface area contributed by atoms with Crippen LogP contribution < -0.4 is 5.32 Å². The van der Waals surface area contributed by atoms with Crippen LogP contribution in [-0.4, -0.2) is 33.5 Å². The molecule has 0 spiro atoms. The number of likely N-dealkylation sites (N-methyl/N-ethyl adjacent to an activating group) is 1. The van der Waals surface area contributed by atoms with Crippen molar-refractivity contribution in [2.75, 3.05) is 27.4 Å². The molecule has 2 atom stereocenters. The zero-order valence-electron chi connectivity index (χ0n) is 12.1. The summed E-state index contributed by atoms with van der Waals surface area (Å²) >= 11 is 0. The van der Waals surface area contributed by atoms with Gasteiger partial charge in [0.25, 0.3) is 0 Å². The number of ether oxygens (including phenoxy) is 2. The lowest BCUT2D eigenvalue weighted by atomic mass is 10.00. The molecule has 0 heterocycles. The van der Waals surface area contributed by atoms with E-state index in [4.69, 9.17) is 9.47 Å². The topological polar surface area (TPSA) is 30.5 Å². The van der Waals surface area contributed by atoms with Crippen LogP contribution in [0.25, 0.3) is 0 Å². The van der Waals surface area contributed by atoms with E-state index in [0.29, 0.717) is 13.2 Å². The molecule has 1 N–H and O–H groups in total. The average molecular weight is 251 g/mol. The predicted molar refractivity (Wildman–Crippen MR) is 75.0 cm³/mol. The average Bonchev–Trinajstić information content (AvgIpc) is 2.32. The molecule has 18 heavy (non-hydrogen) atoms. The van der Waals surface area contributed by atoms with Gasteiger partial charge < -0.3 is 14.8 Å². The van der Waals surface area contributed by atoms with Crippen LogP contribution in [0.15, 0.2) is 18.2 Å². The highest BCUT2D eigenvalue weighted by molar-refractivity contribution is 5.32. The maximum absolute atomic E-state index is 5.79. The van der Waals surface area contributed by atoms with Crippen molar-refractivity contribution in [1.29, 1.82) is 0 Å². The number of aryl methyl sites for hydroxylation is 2. The van der Waals surface area contributed by atoms with Crippen LogP contribution in [0.2, 0.25) is 0 Å². The largest absolute Gasteiger partial charge is 0.382 e. The van der Waals surface area contributed by atoms with Crippen molar-refractivity contribution in [2.45, 2.75) is 32.9 Å². The molecule has 0 aromatic heterocycles. The van der Waals surface area contributed by atoms with E-state index in [1.54, 1.807) is 7.11 Å². The van der Waals surface area contributed by atoms with Crippen molar-refractivity contribution in [3.8, 4) is 0 Å². The van der Waals surface area contributed by atoms with Gasteiger partial charge in [-0.3, -0.25) is 0 Å². The van der Waals surface area contributed by atoms with Crippen molar-refractivity contribution in [2.24, 2.45) is 0 Å². The van der Waals surface area contributed by atoms with E-state index in [-0.39, 0.29) is 12.1 Å². The fourth-order valence-corrected chi connectivity index (χ4v) is 2.09. The van der Waals surface area contributed by atoms with Crippen molar-refractivity contribution >= 4 is 0 Å². The van der Waals surface area contributed by atoms with Gasteiger partial charge >= 0.3 is 0 Å². The van der Waals surface area contributed by atoms with Gasteiger partial charge in [-0.05, 0) is 38.9 Å². The van der Waals surface area contributed by atoms with Gasteiger partial charge in [0.15, 0.2) is 0 Å². The summed E-state index contributed by atoms with van der Waals surface area (Å²) in [4.78, 5) is 0. The van der Waals surface area contributed by atoms with Crippen molar-refractivity contribution in [1.82, 2.24) is 5.32 Å². The summed E-state index contributed by atoms with van der Waals surface area (Å²) < 4.78 is 10.9. The second-order valence-electron chi connectivity index (χ2n) is 4.80. The fraction of sp³-hybridized carbons (Fsp3) is 0.600. The standard InChI is InChI=1S/C15H25NO2/c1-11-6-7-14(12(2)8-11)15(16-4)10-18-13(3)9-17-5/h6-8,13,15-16H,9-10H2,1-5H3. The second-order valence-corrected chi connectivity index (χ2v) is 4.80. The van der Waals surface area contributed by atoms with Gasteiger partial charge in [-0.15, -0.1) is 0 Å². The molecule has 0 aliphatic carbocycles. The third kappa shape index (κ3) is 4.41. The van der Waals surface area contributed by atoms with Crippen LogP contribution in [0.1, 0.15) is 29.7 Å². The molecule has 3 nitrogen and oxygen atoms in total. The lowest BCUT2D eigenvalue weighted by Crippen LogP contribution is -2.26. The maximum Gasteiger partial charge on any atom is 0.0781 e. The van der Waals surface area contributed by atoms with Crippen LogP contribution in [0.5, 0.6) is 0 Å². The summed E-state index contributed by atoms with van der Waals surface area (Å²) in [6, 6.07) is 6.75. The van der Waals surface area contributed by atoms with Crippen molar-refractivity contribution in [3.63, 3.8) is 0 Å². The normalized spacial score (nSPS) is 14.5. The first-order chi connectivity index (χ1) is 8.58. The van der Waals surface area contributed by atoms with Crippen LogP contribution in [0.3, 0.4) is 0 Å². The third-order valence-electron chi connectivity index (χ3n) is 3.10. The summed E-state index contributed by atoms with van der Waals surface area (Å²) in [5, 5.41) is 3.31. The Morgan fingerprint density at radius 3 is 2.50 bits per heavy atom. The number of methoxy groups -OCH3 is 1. The Hall–Kier alpha value is -0.900. The minimum Gasteiger partial charge on any atom is -0.382 e. The molecule has 0 aliphatic rings. The zero-order chi connectivity index (χ0) is 13.5. The van der Waals surface area contributed by atoms with E-state index < -0.39 is 0 Å². The molecule has 0 saturated heterocycles. The Morgan fingerprint density at radius 1 is 1.22 bits per heavy atom. The van der Waals surface area contributed by atoms with Crippen LogP contribution in [0.4, 0.5) is 0 Å². The maximum atomic E-state index is 5.79. The molecule has 1 rings (SSSR count). The summed E-state index contributed by atoms with van der Waals surface area (Å²) in [6.07, 6.45) is 0.122. The molecule has 0 aliphatic heterocycles. The first-order valence-electron chi connectivity index (χ1n) is 6.43. The molecule has 0 saturated carbocycles. The van der Waals surface area contributed by atoms with Crippen LogP contribution in [0, 0.1) is 13.8 Å². The van der Waals surface area contributed by atoms with Crippen LogP contribution >= 0.6 is 0 Å². The van der Waals surface area contributed by atoms with Gasteiger partial charge in [-0.1, -0.05) is 23.8 Å². The smallest absolute Gasteiger partial charge is 0.0781 e. The molecule has 0 amide bonds. The first kappa shape index (κ1) is 15.2. The highest BCUT2D eigenvalue weighted by Crippen LogP contribution is 2.19. The molecular formula is C15H25NO2. The van der Waals surface area contributed by atoms with Gasteiger partial charge in [-0.2, -0.15) is 0 Å². The Bertz CT molecular complexity index is 366. The van der Waals surface area contributed by atoms with E-state index in [1.807, 2.05) is 14.0 Å². The van der Waals surface area contributed by atoms with Crippen molar-refractivity contribution in [3.05, 3.63) is 34.9 Å². The highest BCUT2D eigenvalue weighted by Gasteiger charge is 2.13. The Labute approximate surface area is 110 Å². The second kappa shape index (κ2) is 7.52. The number of hydrogen-bond acceptors (Lipinski definition) is 3. The summed E-state index contributed by atoms with van der Waals surface area (Å²) in [6.45, 7) is 7.57. The molecular weight excluding hydrogens is 226 g/mol. The predicted octanol–water partition coefficient (Wildman–Crippen LogP) is 2.62. The van der Waals surface area contributed by atoms with E-state index in [0.717, 1.165) is 0 Å². The number of rotatable bonds is 7. The van der Waals surface area contributed by atoms with Crippen LogP contribution in [-0.2, 0) is 9.47 Å². The van der Waals surface area contributed by atoms with Gasteiger partial charge in [0.1, 0.15) is 0 Å². The number of hydrogen-bond donors (Lipinski definition) is 1. The molecule has 0 fully saturated rings. The molecule has 1 aromatic carbocycles. The fourth-order valence-electron chi connectivity index (χ4n) is 2.09. The summed E-state index contributed by atoms with van der Waals surface area (Å²) in [5.41, 5.74) is 3.89. The first-order valence-corrected chi connectivity index (χ1v) is 6.43. The molecule has 2 unspecified atom stereocenters. The number of nitrogens with one attached hydrogen (secondary N) is 1. The molecule has 0 bridgehead atoms. The molecule has 0 radical (unpaired) electrons. The van der Waals surface area contributed by atoms with Gasteiger partial charge in [-0.25, -0.2) is 0 Å². The molecule has 102 valence electrons. The van der Waals surface area contributed by atoms with Gasteiger partial charge in [0, 0.05) is 7.11 Å². The summed E-state index contributed by atoms with van der Waals surface area (Å²) in [5.74, 6) is 0. The third-order valence-corrected chi connectivity index (χ3v) is 3.10. The van der Waals surface area contributed by atoms with Gasteiger partial charge in [0.05, 0.1) is 25.4 Å². The number of benzene rings is 1. The van der Waals surface area contributed by atoms with E-state index >= 15 is 0 Å². The Morgan fingerprint density at radius 2 is 1.94 bits per heavy atom. The van der Waals surface area contributed by atoms with Crippen molar-refractivity contribution < 1.29 is 9.47 Å². The summed E-state index contributed by atoms with van der Waals surface area (Å²) in [7, 11) is 3.66. The Balaban J connectivity index is 2.65. The SMILES string of the molecule is CNC(COC(C)COC)c1ccc(C)cc1C. The highest BCUT2D eigenvalue weighted by atomic mass is 16.5. The minimum atomic E-state index is 0.122. The Kier molecular flexibility index (Phi) is 6.33. The van der Waals surface area contributed by atoms with E-state index in [9.17, 15) is 0 Å². The quantitative estimate of drug-likeness (QED) is 0.808. The zero-order valence-corrected chi connectivity index (χ0v) is 12.1.